The maximum Gasteiger partial charge on any atom is 0.352 e. The second kappa shape index (κ2) is 32.3. The fourth-order valence-corrected chi connectivity index (χ4v) is 10.5. The smallest absolute Gasteiger partial charge is 0.352 e. The molecule has 0 bridgehead atoms. The lowest BCUT2D eigenvalue weighted by molar-refractivity contribution is -0.428. The molecule has 10 aliphatic heterocycles. The van der Waals surface area contributed by atoms with Crippen molar-refractivity contribution in [3.8, 4) is 103 Å². The molecule has 4 aromatic carbocycles. The Morgan fingerprint density at radius 2 is 0.712 bits per heavy atom. The van der Waals surface area contributed by atoms with Gasteiger partial charge in [-0.2, -0.15) is 50.4 Å². The largest absolute Gasteiger partial charge is 0.465 e. The van der Waals surface area contributed by atoms with Crippen LogP contribution in [0.1, 0.15) is 61.4 Å². The van der Waals surface area contributed by atoms with Crippen LogP contribution in [0.4, 0.5) is 14.5 Å². The molecule has 0 N–H and O–H groups in total. The van der Waals surface area contributed by atoms with Crippen LogP contribution < -0.4 is 56.2 Å². The van der Waals surface area contributed by atoms with Gasteiger partial charge in [-0.25, -0.2) is 85.9 Å². The molecule has 41 heteroatoms. The Hall–Kier alpha value is -14.4. The average Bonchev–Trinajstić information content (AvgIpc) is 0.804. The summed E-state index contributed by atoms with van der Waals surface area (Å²) in [5.41, 5.74) is -0.925. The van der Waals surface area contributed by atoms with E-state index in [1.807, 2.05) is 52.0 Å². The van der Waals surface area contributed by atoms with Gasteiger partial charge in [0.2, 0.25) is 0 Å². The lowest BCUT2D eigenvalue weighted by Crippen LogP contribution is -2.37. The third-order valence-electron chi connectivity index (χ3n) is 16.8. The Morgan fingerprint density at radius 1 is 0.414 bits per heavy atom. The molecule has 0 saturated carbocycles. The fraction of sp³-hybridized carbons (Fsp3) is 0.286. The summed E-state index contributed by atoms with van der Waals surface area (Å²) in [6, 6.07) is 26.3. The molecule has 14 rings (SSSR count). The van der Waals surface area contributed by atoms with Crippen molar-refractivity contribution in [1.29, 1.82) is 0 Å². The first-order chi connectivity index (χ1) is 52.6. The molecule has 0 unspecified atom stereocenters. The third kappa shape index (κ3) is 16.6. The molecule has 0 spiro atoms. The second-order valence-electron chi connectivity index (χ2n) is 24.6. The molecule has 0 saturated heterocycles. The number of aromatic nitrogens is 25. The normalized spacial score (nSPS) is 11.1. The molecule has 0 amide bonds. The van der Waals surface area contributed by atoms with E-state index in [9.17, 15) is 66.4 Å². The number of alkyl halides is 2. The first-order valence-electron chi connectivity index (χ1n) is 33.5. The van der Waals surface area contributed by atoms with E-state index in [4.69, 9.17) is 0 Å². The summed E-state index contributed by atoms with van der Waals surface area (Å²) in [4.78, 5) is 182. The molecule has 0 atom stereocenters. The van der Waals surface area contributed by atoms with Gasteiger partial charge in [0.1, 0.15) is 5.82 Å². The monoisotopic (exact) mass is 1520 g/mol. The zero-order valence-corrected chi connectivity index (χ0v) is 62.3. The summed E-state index contributed by atoms with van der Waals surface area (Å²) < 4.78 is 43.5. The van der Waals surface area contributed by atoms with E-state index < -0.39 is 68.1 Å². The maximum atomic E-state index is 13.3. The minimum Gasteiger partial charge on any atom is -0.465 e. The summed E-state index contributed by atoms with van der Waals surface area (Å²) in [6.07, 6.45) is 1.57. The highest BCUT2D eigenvalue weighted by atomic mass is 19.3. The number of ether oxygens (including phenoxy) is 1. The fourth-order valence-electron chi connectivity index (χ4n) is 10.5. The van der Waals surface area contributed by atoms with Gasteiger partial charge in [-0.05, 0) is 51.5 Å². The van der Waals surface area contributed by atoms with Gasteiger partial charge in [0.05, 0.1) is 12.7 Å². The second-order valence-corrected chi connectivity index (χ2v) is 24.6. The van der Waals surface area contributed by atoms with Gasteiger partial charge >= 0.3 is 34.4 Å². The third-order valence-corrected chi connectivity index (χ3v) is 16.8. The molecule has 39 nitrogen and oxygen atoms in total. The van der Waals surface area contributed by atoms with Crippen LogP contribution in [0.3, 0.4) is 0 Å². The number of carbonyl (C=O) groups excluding carboxylic acids is 1. The Morgan fingerprint density at radius 3 is 1.04 bits per heavy atom. The zero-order valence-electron chi connectivity index (χ0n) is 62.3. The van der Waals surface area contributed by atoms with Crippen molar-refractivity contribution >= 4 is 11.7 Å². The van der Waals surface area contributed by atoms with E-state index in [1.165, 1.54) is 104 Å². The van der Waals surface area contributed by atoms with Gasteiger partial charge in [0.25, 0.3) is 39.4 Å². The van der Waals surface area contributed by atoms with Crippen molar-refractivity contribution < 1.29 is 23.1 Å². The van der Waals surface area contributed by atoms with Gasteiger partial charge < -0.3 is 4.74 Å². The van der Waals surface area contributed by atoms with Crippen molar-refractivity contribution in [2.75, 3.05) is 14.2 Å². The van der Waals surface area contributed by atoms with E-state index in [2.05, 4.69) is 80.1 Å². The molecule has 10 aliphatic rings. The topological polar surface area (TPSA) is 460 Å². The highest BCUT2D eigenvalue weighted by Crippen LogP contribution is 2.30. The van der Waals surface area contributed by atoms with Crippen LogP contribution in [-0.2, 0) is 86.6 Å². The molecular formula is C70H69F2N26O13+. The number of fused-ring (bicyclic) bond motifs is 5. The molecule has 570 valence electrons. The summed E-state index contributed by atoms with van der Waals surface area (Å²) in [5.74, 6) is -0.842. The number of halogens is 2. The standard InChI is InChI=1S/C16H15N5O4.C15H13F2N5O2.C15H15N6O3.C14H13N5O2.C10H13N5O2/c1-4-21-13-11(14(22)20(2)16(24)18-13)17-12(19-21)9-5-7-10(8-6-9)15(23)25-3;1-15(16,17)9-6-4-8(5-7-9)11-18-10-12(22(3)20-11)19-14(24)21(2)13(10)23;1-4-21-13-11(14(22)19(2)15(23)17-13)16-12(18-21)9-5-7-10(8-6-9)20(3)24;1-8-4-6-9(7-5-8)11-15-10-12(19(3)17-11)16-14(21)18(2)13(10)20;1-4-5-6-11-7-8(15(3)13-6)12-10(17)14(2)9(7)16/h5-8H,4H2,1-3H3;4-7H,1-3H3;5-8H,4H2,1-3H3;4-7H,1-3H3;4-5H2,1-3H3/q;;+1;;. The predicted octanol–water partition coefficient (Wildman–Crippen LogP) is 1.70. The van der Waals surface area contributed by atoms with Gasteiger partial charge in [0.15, 0.2) is 87.9 Å². The SMILES string of the molecule is CCCc1nc2c(=O)n(C)c(=O)nc-2n(C)n1.CCn1nc(-c2ccc(C(=O)OC)cc2)nc2c(=O)n(C)c(=O)nc1-2.CCn1nc(-c2ccc([N+](C)=O)cc2)nc2c(=O)n(C)c(=O)nc1-2.Cc1ccc(-c2nc3c(=O)n(C)c(=O)nc-3n(C)n2)cc1.Cn1nc(-c2ccc(C(C)(F)F)cc2)nc2c(=O)n(C)c(=O)nc1-2. The van der Waals surface area contributed by atoms with Crippen molar-refractivity contribution in [2.45, 2.75) is 66.5 Å². The van der Waals surface area contributed by atoms with E-state index >= 15 is 0 Å². The van der Waals surface area contributed by atoms with Crippen molar-refractivity contribution in [3.05, 3.63) is 229 Å². The van der Waals surface area contributed by atoms with Crippen molar-refractivity contribution in [3.63, 3.8) is 0 Å². The number of methoxy groups -OCH3 is 1. The van der Waals surface area contributed by atoms with Crippen LogP contribution in [0.25, 0.3) is 103 Å². The van der Waals surface area contributed by atoms with E-state index in [0.717, 1.165) is 52.1 Å². The van der Waals surface area contributed by atoms with Crippen LogP contribution in [0.15, 0.2) is 145 Å². The Balaban J connectivity index is 0.000000148. The molecule has 10 heterocycles. The molecular weight excluding hydrogens is 1450 g/mol. The number of nitrogens with zero attached hydrogens (tertiary/aromatic N) is 26. The summed E-state index contributed by atoms with van der Waals surface area (Å²) >= 11 is 0. The highest BCUT2D eigenvalue weighted by molar-refractivity contribution is 5.89. The van der Waals surface area contributed by atoms with Crippen molar-refractivity contribution in [1.82, 2.24) is 122 Å². The Kier molecular flexibility index (Phi) is 23.1. The number of aryl methyl sites for hydroxylation is 7. The molecule has 0 aliphatic carbocycles. The minimum atomic E-state index is -2.95. The van der Waals surface area contributed by atoms with Crippen LogP contribution in [0.2, 0.25) is 0 Å². The van der Waals surface area contributed by atoms with Gasteiger partial charge in [-0.3, -0.25) is 46.8 Å². The number of esters is 1. The summed E-state index contributed by atoms with van der Waals surface area (Å²) in [7, 11) is 14.3. The minimum absolute atomic E-state index is 0.0190. The van der Waals surface area contributed by atoms with E-state index in [1.54, 1.807) is 62.6 Å². The van der Waals surface area contributed by atoms with Gasteiger partial charge in [-0.1, -0.05) is 73.2 Å². The molecule has 0 aromatic heterocycles. The zero-order chi connectivity index (χ0) is 80.9. The van der Waals surface area contributed by atoms with E-state index in [0.29, 0.717) is 70.7 Å². The van der Waals surface area contributed by atoms with Crippen LogP contribution in [-0.4, -0.2) is 146 Å². The Bertz CT molecular complexity index is 6400. The first-order valence-corrected chi connectivity index (χ1v) is 33.5. The van der Waals surface area contributed by atoms with Gasteiger partial charge in [0, 0.05) is 132 Å². The molecule has 0 fully saturated rings. The number of hydrogen-bond acceptors (Lipinski definition) is 28. The molecule has 111 heavy (non-hydrogen) atoms. The van der Waals surface area contributed by atoms with Crippen molar-refractivity contribution in [2.24, 2.45) is 56.4 Å². The number of rotatable bonds is 11. The highest BCUT2D eigenvalue weighted by Gasteiger charge is 2.28. The average molecular weight is 1520 g/mol. The lowest BCUT2D eigenvalue weighted by Gasteiger charge is -2.13. The number of benzene rings is 4. The van der Waals surface area contributed by atoms with Gasteiger partial charge in [-0.15, -0.1) is 0 Å². The summed E-state index contributed by atoms with van der Waals surface area (Å²) in [6.45, 7) is 9.28. The maximum absolute atomic E-state index is 13.3. The quantitative estimate of drug-likeness (QED) is 0.131. The predicted molar refractivity (Wildman–Crippen MR) is 395 cm³/mol. The number of hydrogen-bond donors (Lipinski definition) is 0. The lowest BCUT2D eigenvalue weighted by atomic mass is 10.1. The molecule has 0 radical (unpaired) electrons. The van der Waals surface area contributed by atoms with Crippen LogP contribution >= 0.6 is 0 Å². The van der Waals surface area contributed by atoms with E-state index in [-0.39, 0.29) is 69.0 Å². The molecule has 4 aromatic rings. The number of nitroso groups, excluding NO2 is 1. The first kappa shape index (κ1) is 79.1. The Labute approximate surface area is 622 Å². The summed E-state index contributed by atoms with van der Waals surface area (Å²) in [5, 5.41) is 21.2. The van der Waals surface area contributed by atoms with Crippen LogP contribution in [0.5, 0.6) is 0 Å². The number of carbonyl (C=O) groups is 1. The van der Waals surface area contributed by atoms with Crippen LogP contribution in [0, 0.1) is 11.8 Å².